The molecular weight excluding hydrogens is 277 g/mol. The minimum absolute atomic E-state index is 0.0465. The summed E-state index contributed by atoms with van der Waals surface area (Å²) in [5.74, 6) is -1.97. The van der Waals surface area contributed by atoms with E-state index in [1.165, 1.54) is 0 Å². The van der Waals surface area contributed by atoms with Crippen molar-refractivity contribution in [2.24, 2.45) is 17.8 Å². The predicted octanol–water partition coefficient (Wildman–Crippen LogP) is 4.55. The van der Waals surface area contributed by atoms with Crippen LogP contribution in [-0.4, -0.2) is 17.4 Å². The molecule has 1 aromatic carbocycles. The van der Waals surface area contributed by atoms with Crippen LogP contribution in [0.5, 0.6) is 0 Å². The van der Waals surface area contributed by atoms with Crippen LogP contribution in [0.2, 0.25) is 0 Å². The molecule has 1 fully saturated rings. The van der Waals surface area contributed by atoms with Gasteiger partial charge in [0.05, 0.1) is 12.0 Å². The zero-order valence-corrected chi connectivity index (χ0v) is 12.7. The third-order valence-electron chi connectivity index (χ3n) is 5.11. The summed E-state index contributed by atoms with van der Waals surface area (Å²) in [6, 6.07) is 8.79. The highest BCUT2D eigenvalue weighted by Crippen LogP contribution is 2.53. The first-order valence-electron chi connectivity index (χ1n) is 7.48. The van der Waals surface area contributed by atoms with Gasteiger partial charge >= 0.3 is 6.18 Å². The van der Waals surface area contributed by atoms with E-state index in [0.717, 1.165) is 0 Å². The highest BCUT2D eigenvalue weighted by Gasteiger charge is 2.59. The molecule has 0 aromatic heterocycles. The summed E-state index contributed by atoms with van der Waals surface area (Å²) in [4.78, 5) is 0. The summed E-state index contributed by atoms with van der Waals surface area (Å²) in [7, 11) is 0. The van der Waals surface area contributed by atoms with Gasteiger partial charge in [-0.05, 0) is 30.2 Å². The maximum atomic E-state index is 13.6. The van der Waals surface area contributed by atoms with Gasteiger partial charge in [-0.1, -0.05) is 51.1 Å². The number of aliphatic hydroxyl groups excluding tert-OH is 1. The van der Waals surface area contributed by atoms with Crippen LogP contribution in [0.15, 0.2) is 30.3 Å². The quantitative estimate of drug-likeness (QED) is 0.849. The summed E-state index contributed by atoms with van der Waals surface area (Å²) in [5.41, 5.74) is -0.404. The third-order valence-corrected chi connectivity index (χ3v) is 5.11. The third kappa shape index (κ3) is 2.96. The van der Waals surface area contributed by atoms with Crippen molar-refractivity contribution in [3.05, 3.63) is 35.9 Å². The van der Waals surface area contributed by atoms with E-state index in [-0.39, 0.29) is 11.8 Å². The largest absolute Gasteiger partial charge is 0.395 e. The Kier molecular flexibility index (Phi) is 4.39. The first-order chi connectivity index (χ1) is 9.68. The van der Waals surface area contributed by atoms with Crippen molar-refractivity contribution < 1.29 is 18.3 Å². The van der Waals surface area contributed by atoms with Gasteiger partial charge in [0, 0.05) is 5.41 Å². The van der Waals surface area contributed by atoms with Crippen LogP contribution in [0, 0.1) is 17.8 Å². The maximum Gasteiger partial charge on any atom is 0.395 e. The molecule has 118 valence electrons. The van der Waals surface area contributed by atoms with E-state index in [9.17, 15) is 18.3 Å². The topological polar surface area (TPSA) is 20.2 Å². The fourth-order valence-electron chi connectivity index (χ4n) is 3.84. The van der Waals surface area contributed by atoms with Gasteiger partial charge in [-0.2, -0.15) is 13.2 Å². The number of hydrogen-bond donors (Lipinski definition) is 1. The van der Waals surface area contributed by atoms with Crippen molar-refractivity contribution in [2.45, 2.75) is 51.3 Å². The molecule has 4 atom stereocenters. The Balaban J connectivity index is 2.46. The lowest BCUT2D eigenvalue weighted by molar-refractivity contribution is -0.239. The summed E-state index contributed by atoms with van der Waals surface area (Å²) >= 11 is 0. The lowest BCUT2D eigenvalue weighted by Crippen LogP contribution is -2.55. The van der Waals surface area contributed by atoms with Crippen molar-refractivity contribution >= 4 is 0 Å². The molecule has 0 heterocycles. The van der Waals surface area contributed by atoms with Crippen LogP contribution < -0.4 is 0 Å². The van der Waals surface area contributed by atoms with Crippen LogP contribution in [0.4, 0.5) is 13.2 Å². The lowest BCUT2D eigenvalue weighted by Gasteiger charge is -2.49. The number of benzene rings is 1. The van der Waals surface area contributed by atoms with Gasteiger partial charge in [0.25, 0.3) is 0 Å². The summed E-state index contributed by atoms with van der Waals surface area (Å²) < 4.78 is 40.9. The smallest absolute Gasteiger partial charge is 0.392 e. The van der Waals surface area contributed by atoms with Crippen molar-refractivity contribution in [1.29, 1.82) is 0 Å². The van der Waals surface area contributed by atoms with Gasteiger partial charge in [-0.3, -0.25) is 0 Å². The SMILES string of the molecule is CC(C)C1CC[C@@](C)(c2ccccc2)C(C(F)(F)F)C1O. The minimum atomic E-state index is -4.41. The molecule has 0 bridgehead atoms. The van der Waals surface area contributed by atoms with E-state index in [4.69, 9.17) is 0 Å². The molecule has 0 saturated heterocycles. The van der Waals surface area contributed by atoms with Gasteiger partial charge in [0.2, 0.25) is 0 Å². The van der Waals surface area contributed by atoms with E-state index in [1.54, 1.807) is 37.3 Å². The molecule has 0 spiro atoms. The van der Waals surface area contributed by atoms with Crippen LogP contribution in [-0.2, 0) is 5.41 Å². The van der Waals surface area contributed by atoms with Crippen molar-refractivity contribution in [3.8, 4) is 0 Å². The fraction of sp³-hybridized carbons (Fsp3) is 0.647. The number of alkyl halides is 3. The van der Waals surface area contributed by atoms with Crippen molar-refractivity contribution in [2.75, 3.05) is 0 Å². The molecular formula is C17H23F3O. The van der Waals surface area contributed by atoms with Gasteiger partial charge in [-0.25, -0.2) is 0 Å². The van der Waals surface area contributed by atoms with E-state index >= 15 is 0 Å². The zero-order valence-electron chi connectivity index (χ0n) is 12.7. The molecule has 2 rings (SSSR count). The molecule has 1 aliphatic rings. The Morgan fingerprint density at radius 2 is 1.76 bits per heavy atom. The Morgan fingerprint density at radius 1 is 1.19 bits per heavy atom. The first kappa shape index (κ1) is 16.3. The second kappa shape index (κ2) is 5.64. The monoisotopic (exact) mass is 300 g/mol. The molecule has 1 aromatic rings. The molecule has 1 N–H and O–H groups in total. The van der Waals surface area contributed by atoms with Crippen molar-refractivity contribution in [1.82, 2.24) is 0 Å². The first-order valence-corrected chi connectivity index (χ1v) is 7.48. The molecule has 21 heavy (non-hydrogen) atoms. The van der Waals surface area contributed by atoms with Crippen LogP contribution in [0.25, 0.3) is 0 Å². The summed E-state index contributed by atoms with van der Waals surface area (Å²) in [6.07, 6.45) is -4.68. The van der Waals surface area contributed by atoms with E-state index in [2.05, 4.69) is 0 Å². The maximum absolute atomic E-state index is 13.6. The van der Waals surface area contributed by atoms with Gasteiger partial charge in [0.1, 0.15) is 0 Å². The van der Waals surface area contributed by atoms with Crippen LogP contribution in [0.3, 0.4) is 0 Å². The molecule has 1 aliphatic carbocycles. The molecule has 0 aliphatic heterocycles. The lowest BCUT2D eigenvalue weighted by atomic mass is 9.58. The van der Waals surface area contributed by atoms with Gasteiger partial charge in [0.15, 0.2) is 0 Å². The number of hydrogen-bond acceptors (Lipinski definition) is 1. The van der Waals surface area contributed by atoms with Crippen LogP contribution >= 0.6 is 0 Å². The number of rotatable bonds is 2. The molecule has 0 radical (unpaired) electrons. The molecule has 1 saturated carbocycles. The standard InChI is InChI=1S/C17H23F3O/c1-11(2)13-9-10-16(3,12-7-5-4-6-8-12)15(14(13)21)17(18,19)20/h4-8,11,13-15,21H,9-10H2,1-3H3/t13?,14?,15?,16-/m0/s1. The molecule has 1 nitrogen and oxygen atoms in total. The molecule has 4 heteroatoms. The highest BCUT2D eigenvalue weighted by molar-refractivity contribution is 5.28. The second-order valence-corrected chi connectivity index (χ2v) is 6.74. The minimum Gasteiger partial charge on any atom is -0.392 e. The number of halogens is 3. The molecule has 0 amide bonds. The highest BCUT2D eigenvalue weighted by atomic mass is 19.4. The summed E-state index contributed by atoms with van der Waals surface area (Å²) in [5, 5.41) is 10.4. The van der Waals surface area contributed by atoms with Gasteiger partial charge < -0.3 is 5.11 Å². The fourth-order valence-corrected chi connectivity index (χ4v) is 3.84. The molecule has 3 unspecified atom stereocenters. The van der Waals surface area contributed by atoms with Crippen molar-refractivity contribution in [3.63, 3.8) is 0 Å². The Bertz CT molecular complexity index is 469. The average molecular weight is 300 g/mol. The number of aliphatic hydroxyl groups is 1. The second-order valence-electron chi connectivity index (χ2n) is 6.74. The van der Waals surface area contributed by atoms with Gasteiger partial charge in [-0.15, -0.1) is 0 Å². The summed E-state index contributed by atoms with van der Waals surface area (Å²) in [6.45, 7) is 5.40. The predicted molar refractivity (Wildman–Crippen MR) is 76.9 cm³/mol. The van der Waals surface area contributed by atoms with E-state index in [0.29, 0.717) is 18.4 Å². The average Bonchev–Trinajstić information content (AvgIpc) is 2.37. The Hall–Kier alpha value is -1.03. The van der Waals surface area contributed by atoms with E-state index < -0.39 is 23.6 Å². The normalized spacial score (nSPS) is 34.2. The van der Waals surface area contributed by atoms with Crippen LogP contribution in [0.1, 0.15) is 39.2 Å². The Labute approximate surface area is 124 Å². The van der Waals surface area contributed by atoms with E-state index in [1.807, 2.05) is 13.8 Å². The zero-order chi connectivity index (χ0) is 15.8. The Morgan fingerprint density at radius 3 is 2.24 bits per heavy atom.